The van der Waals surface area contributed by atoms with Crippen molar-refractivity contribution >= 4 is 34.0 Å². The predicted octanol–water partition coefficient (Wildman–Crippen LogP) is 6.03. The van der Waals surface area contributed by atoms with Crippen LogP contribution in [0.25, 0.3) is 10.9 Å². The molecule has 210 valence electrons. The minimum atomic E-state index is -0.609. The van der Waals surface area contributed by atoms with Crippen LogP contribution in [0.3, 0.4) is 0 Å². The van der Waals surface area contributed by atoms with E-state index >= 15 is 0 Å². The first-order valence-corrected chi connectivity index (χ1v) is 13.8. The number of carbonyl (C=O) groups excluding carboxylic acids is 1. The number of anilines is 3. The van der Waals surface area contributed by atoms with Gasteiger partial charge in [-0.15, -0.1) is 0 Å². The lowest BCUT2D eigenvalue weighted by Crippen LogP contribution is -2.48. The van der Waals surface area contributed by atoms with E-state index in [1.54, 1.807) is 0 Å². The Morgan fingerprint density at radius 1 is 0.925 bits per heavy atom. The number of benzene rings is 3. The van der Waals surface area contributed by atoms with Crippen LogP contribution >= 0.6 is 0 Å². The van der Waals surface area contributed by atoms with Crippen LogP contribution in [0.2, 0.25) is 0 Å². The molecule has 3 N–H and O–H groups in total. The topological polar surface area (TPSA) is 76.3 Å². The number of hydrogen-bond acceptors (Lipinski definition) is 5. The fourth-order valence-electron chi connectivity index (χ4n) is 5.24. The zero-order valence-electron chi connectivity index (χ0n) is 23.4. The number of carbonyl (C=O) groups is 1. The van der Waals surface area contributed by atoms with Gasteiger partial charge in [0.2, 0.25) is 0 Å². The SMILES string of the molecule is CC(C)Nc1cc(N2CCN(C(C)C)CC2)ccc1C(=O)Nc1n[nH]c2ccc(Cc3cc(F)cc(F)c3)cc12. The minimum Gasteiger partial charge on any atom is -0.382 e. The Morgan fingerprint density at radius 3 is 2.33 bits per heavy atom. The number of H-pyrrole nitrogens is 1. The molecule has 1 saturated heterocycles. The summed E-state index contributed by atoms with van der Waals surface area (Å²) in [5, 5.41) is 14.4. The Morgan fingerprint density at radius 2 is 1.65 bits per heavy atom. The van der Waals surface area contributed by atoms with Crippen molar-refractivity contribution in [1.82, 2.24) is 15.1 Å². The standard InChI is InChI=1S/C31H36F2N6O/c1-19(2)34-29-18-25(39-11-9-38(10-12-39)20(3)4)6-7-26(29)31(40)35-30-27-16-21(5-8-28(27)36-37-30)13-22-14-23(32)17-24(33)15-22/h5-8,14-20,34H,9-13H2,1-4H3,(H2,35,36,37,40). The number of piperazine rings is 1. The van der Waals surface area contributed by atoms with Crippen LogP contribution in [0, 0.1) is 11.6 Å². The molecule has 0 saturated carbocycles. The number of nitrogens with one attached hydrogen (secondary N) is 3. The van der Waals surface area contributed by atoms with Gasteiger partial charge in [0, 0.05) is 61.1 Å². The third-order valence-electron chi connectivity index (χ3n) is 7.29. The monoisotopic (exact) mass is 546 g/mol. The molecule has 5 rings (SSSR count). The molecular weight excluding hydrogens is 510 g/mol. The third-order valence-corrected chi connectivity index (χ3v) is 7.29. The van der Waals surface area contributed by atoms with E-state index in [2.05, 4.69) is 50.5 Å². The van der Waals surface area contributed by atoms with Crippen LogP contribution in [-0.2, 0) is 6.42 Å². The first-order valence-electron chi connectivity index (χ1n) is 13.8. The molecule has 0 atom stereocenters. The zero-order valence-corrected chi connectivity index (χ0v) is 23.4. The van der Waals surface area contributed by atoms with E-state index in [0.29, 0.717) is 29.4 Å². The number of nitrogens with zero attached hydrogens (tertiary/aromatic N) is 3. The molecule has 0 aliphatic carbocycles. The molecule has 0 radical (unpaired) electrons. The normalized spacial score (nSPS) is 14.3. The summed E-state index contributed by atoms with van der Waals surface area (Å²) in [7, 11) is 0. The molecule has 2 heterocycles. The number of halogens is 2. The number of amides is 1. The zero-order chi connectivity index (χ0) is 28.4. The van der Waals surface area contributed by atoms with Crippen molar-refractivity contribution in [2.45, 2.75) is 46.2 Å². The maximum absolute atomic E-state index is 13.7. The average molecular weight is 547 g/mol. The molecule has 40 heavy (non-hydrogen) atoms. The molecule has 1 amide bonds. The number of aromatic nitrogens is 2. The average Bonchev–Trinajstić information content (AvgIpc) is 3.29. The molecule has 0 bridgehead atoms. The van der Waals surface area contributed by atoms with Crippen LogP contribution in [0.1, 0.15) is 49.2 Å². The molecule has 1 aliphatic rings. The quantitative estimate of drug-likeness (QED) is 0.251. The molecule has 1 aliphatic heterocycles. The van der Waals surface area contributed by atoms with E-state index in [1.165, 1.54) is 12.1 Å². The highest BCUT2D eigenvalue weighted by atomic mass is 19.1. The van der Waals surface area contributed by atoms with Gasteiger partial charge in [-0.25, -0.2) is 8.78 Å². The van der Waals surface area contributed by atoms with Crippen LogP contribution in [0.4, 0.5) is 26.0 Å². The lowest BCUT2D eigenvalue weighted by atomic mass is 10.0. The summed E-state index contributed by atoms with van der Waals surface area (Å²) in [6, 6.07) is 15.7. The first kappa shape index (κ1) is 27.6. The van der Waals surface area contributed by atoms with Crippen molar-refractivity contribution in [2.75, 3.05) is 41.7 Å². The largest absolute Gasteiger partial charge is 0.382 e. The predicted molar refractivity (Wildman–Crippen MR) is 157 cm³/mol. The summed E-state index contributed by atoms with van der Waals surface area (Å²) in [6.45, 7) is 12.4. The molecule has 1 fully saturated rings. The lowest BCUT2D eigenvalue weighted by Gasteiger charge is -2.38. The van der Waals surface area contributed by atoms with Gasteiger partial charge >= 0.3 is 0 Å². The number of hydrogen-bond donors (Lipinski definition) is 3. The van der Waals surface area contributed by atoms with Gasteiger partial charge in [-0.1, -0.05) is 6.07 Å². The van der Waals surface area contributed by atoms with E-state index in [-0.39, 0.29) is 11.9 Å². The van der Waals surface area contributed by atoms with Crippen molar-refractivity contribution in [1.29, 1.82) is 0 Å². The highest BCUT2D eigenvalue weighted by Gasteiger charge is 2.22. The van der Waals surface area contributed by atoms with Gasteiger partial charge < -0.3 is 15.5 Å². The summed E-state index contributed by atoms with van der Waals surface area (Å²) in [5.74, 6) is -1.09. The third kappa shape index (κ3) is 6.25. The van der Waals surface area contributed by atoms with Gasteiger partial charge in [0.15, 0.2) is 5.82 Å². The second-order valence-electron chi connectivity index (χ2n) is 11.0. The van der Waals surface area contributed by atoms with Gasteiger partial charge in [0.25, 0.3) is 5.91 Å². The van der Waals surface area contributed by atoms with Crippen LogP contribution in [-0.4, -0.2) is 59.3 Å². The van der Waals surface area contributed by atoms with Crippen molar-refractivity contribution in [3.8, 4) is 0 Å². The Kier molecular flexibility index (Phi) is 8.02. The molecular formula is C31H36F2N6O. The molecule has 7 nitrogen and oxygen atoms in total. The van der Waals surface area contributed by atoms with E-state index < -0.39 is 11.6 Å². The van der Waals surface area contributed by atoms with Gasteiger partial charge in [0.1, 0.15) is 11.6 Å². The van der Waals surface area contributed by atoms with Crippen molar-refractivity contribution in [3.63, 3.8) is 0 Å². The molecule has 1 aromatic heterocycles. The van der Waals surface area contributed by atoms with Crippen LogP contribution in [0.5, 0.6) is 0 Å². The summed E-state index contributed by atoms with van der Waals surface area (Å²) in [5.41, 5.74) is 4.51. The van der Waals surface area contributed by atoms with Crippen molar-refractivity contribution in [2.24, 2.45) is 0 Å². The Labute approximate surface area is 233 Å². The second-order valence-corrected chi connectivity index (χ2v) is 11.0. The van der Waals surface area contributed by atoms with E-state index in [1.807, 2.05) is 44.2 Å². The number of aromatic amines is 1. The van der Waals surface area contributed by atoms with E-state index in [0.717, 1.165) is 60.1 Å². The summed E-state index contributed by atoms with van der Waals surface area (Å²) in [6.07, 6.45) is 0.346. The number of rotatable bonds is 8. The van der Waals surface area contributed by atoms with E-state index in [4.69, 9.17) is 0 Å². The molecule has 0 unspecified atom stereocenters. The van der Waals surface area contributed by atoms with Crippen molar-refractivity contribution < 1.29 is 13.6 Å². The molecule has 3 aromatic carbocycles. The maximum atomic E-state index is 13.7. The van der Waals surface area contributed by atoms with Crippen LogP contribution < -0.4 is 15.5 Å². The highest BCUT2D eigenvalue weighted by Crippen LogP contribution is 2.28. The van der Waals surface area contributed by atoms with Crippen molar-refractivity contribution in [3.05, 3.63) is 82.9 Å². The minimum absolute atomic E-state index is 0.140. The van der Waals surface area contributed by atoms with Gasteiger partial charge in [-0.05, 0) is 87.7 Å². The summed E-state index contributed by atoms with van der Waals surface area (Å²) >= 11 is 0. The Balaban J connectivity index is 1.37. The Hall–Kier alpha value is -3.98. The fraction of sp³-hybridized carbons (Fsp3) is 0.355. The Bertz CT molecular complexity index is 1490. The lowest BCUT2D eigenvalue weighted by molar-refractivity contribution is 0.102. The smallest absolute Gasteiger partial charge is 0.258 e. The number of fused-ring (bicyclic) bond motifs is 1. The second kappa shape index (κ2) is 11.6. The van der Waals surface area contributed by atoms with Gasteiger partial charge in [-0.2, -0.15) is 5.10 Å². The molecule has 0 spiro atoms. The van der Waals surface area contributed by atoms with E-state index in [9.17, 15) is 13.6 Å². The van der Waals surface area contributed by atoms with Gasteiger partial charge in [-0.3, -0.25) is 14.8 Å². The highest BCUT2D eigenvalue weighted by molar-refractivity contribution is 6.11. The fourth-order valence-corrected chi connectivity index (χ4v) is 5.24. The van der Waals surface area contributed by atoms with Gasteiger partial charge in [0.05, 0.1) is 11.1 Å². The summed E-state index contributed by atoms with van der Waals surface area (Å²) in [4.78, 5) is 18.3. The van der Waals surface area contributed by atoms with Crippen LogP contribution in [0.15, 0.2) is 54.6 Å². The summed E-state index contributed by atoms with van der Waals surface area (Å²) < 4.78 is 27.4. The first-order chi connectivity index (χ1) is 19.2. The molecule has 9 heteroatoms. The maximum Gasteiger partial charge on any atom is 0.258 e. The molecule has 4 aromatic rings.